The Kier molecular flexibility index (Phi) is 5.93. The highest BCUT2D eigenvalue weighted by Gasteiger charge is 2.17. The summed E-state index contributed by atoms with van der Waals surface area (Å²) in [4.78, 5) is 12.4. The molecule has 0 atom stereocenters. The van der Waals surface area contributed by atoms with E-state index in [2.05, 4.69) is 11.4 Å². The molecule has 1 amide bonds. The number of nitrogens with zero attached hydrogens (tertiary/aromatic N) is 1. The van der Waals surface area contributed by atoms with Gasteiger partial charge in [-0.3, -0.25) is 4.79 Å². The van der Waals surface area contributed by atoms with Gasteiger partial charge in [0.1, 0.15) is 23.1 Å². The van der Waals surface area contributed by atoms with Crippen LogP contribution in [0.4, 0.5) is 5.69 Å². The highest BCUT2D eigenvalue weighted by molar-refractivity contribution is 6.30. The highest BCUT2D eigenvalue weighted by Crippen LogP contribution is 2.27. The number of hydrogen-bond donors (Lipinski definition) is 1. The Morgan fingerprint density at radius 1 is 0.962 bits per heavy atom. The van der Waals surface area contributed by atoms with E-state index in [0.29, 0.717) is 22.2 Å². The van der Waals surface area contributed by atoms with E-state index in [9.17, 15) is 10.1 Å². The summed E-state index contributed by atoms with van der Waals surface area (Å²) >= 11 is 5.86. The molecule has 3 rings (SSSR count). The standard InChI is InChI=1S/C21H19ClN2O2/c22-16-6-10-18(11-7-16)26-19-12-8-17(9-13-19)24-21(25)20(14-23)15-4-2-1-3-5-15/h6-13H,1-5H2,(H,24,25). The topological polar surface area (TPSA) is 62.1 Å². The molecule has 0 unspecified atom stereocenters. The molecule has 1 saturated carbocycles. The molecule has 5 heteroatoms. The van der Waals surface area contributed by atoms with E-state index in [4.69, 9.17) is 16.3 Å². The minimum Gasteiger partial charge on any atom is -0.457 e. The van der Waals surface area contributed by atoms with Crippen molar-refractivity contribution in [2.24, 2.45) is 0 Å². The smallest absolute Gasteiger partial charge is 0.266 e. The van der Waals surface area contributed by atoms with Crippen molar-refractivity contribution in [3.63, 3.8) is 0 Å². The number of allylic oxidation sites excluding steroid dienone is 1. The van der Waals surface area contributed by atoms with Gasteiger partial charge < -0.3 is 10.1 Å². The molecule has 2 aromatic carbocycles. The van der Waals surface area contributed by atoms with Crippen LogP contribution in [0, 0.1) is 11.3 Å². The Morgan fingerprint density at radius 2 is 1.54 bits per heavy atom. The van der Waals surface area contributed by atoms with Gasteiger partial charge in [0.15, 0.2) is 0 Å². The monoisotopic (exact) mass is 366 g/mol. The van der Waals surface area contributed by atoms with E-state index in [1.807, 2.05) is 0 Å². The summed E-state index contributed by atoms with van der Waals surface area (Å²) in [6, 6.07) is 16.2. The van der Waals surface area contributed by atoms with Crippen molar-refractivity contribution in [2.45, 2.75) is 32.1 Å². The second-order valence-electron chi connectivity index (χ2n) is 6.19. The van der Waals surface area contributed by atoms with Crippen LogP contribution in [0.25, 0.3) is 0 Å². The number of ether oxygens (including phenoxy) is 1. The largest absolute Gasteiger partial charge is 0.457 e. The summed E-state index contributed by atoms with van der Waals surface area (Å²) in [6.45, 7) is 0. The minimum absolute atomic E-state index is 0.256. The number of nitriles is 1. The van der Waals surface area contributed by atoms with Gasteiger partial charge >= 0.3 is 0 Å². The van der Waals surface area contributed by atoms with Crippen LogP contribution in [0.15, 0.2) is 59.7 Å². The maximum absolute atomic E-state index is 12.4. The van der Waals surface area contributed by atoms with E-state index < -0.39 is 0 Å². The van der Waals surface area contributed by atoms with Crippen LogP contribution in [-0.4, -0.2) is 5.91 Å². The Labute approximate surface area is 158 Å². The van der Waals surface area contributed by atoms with Crippen LogP contribution < -0.4 is 10.1 Å². The molecule has 0 aromatic heterocycles. The summed E-state index contributed by atoms with van der Waals surface area (Å²) in [5.74, 6) is 0.993. The van der Waals surface area contributed by atoms with E-state index in [-0.39, 0.29) is 11.5 Å². The zero-order valence-electron chi connectivity index (χ0n) is 14.3. The Hall–Kier alpha value is -2.77. The number of amides is 1. The van der Waals surface area contributed by atoms with Crippen molar-refractivity contribution in [1.29, 1.82) is 5.26 Å². The molecule has 0 radical (unpaired) electrons. The molecule has 0 spiro atoms. The van der Waals surface area contributed by atoms with Gasteiger partial charge in [-0.2, -0.15) is 5.26 Å². The molecule has 0 heterocycles. The van der Waals surface area contributed by atoms with Gasteiger partial charge in [0.2, 0.25) is 0 Å². The molecule has 1 N–H and O–H groups in total. The quantitative estimate of drug-likeness (QED) is 0.544. The molecule has 1 fully saturated rings. The lowest BCUT2D eigenvalue weighted by molar-refractivity contribution is -0.112. The maximum atomic E-state index is 12.4. The molecule has 1 aliphatic carbocycles. The number of hydrogen-bond acceptors (Lipinski definition) is 3. The average molecular weight is 367 g/mol. The fraction of sp³-hybridized carbons (Fsp3) is 0.238. The first-order chi connectivity index (χ1) is 12.7. The normalized spacial score (nSPS) is 13.6. The van der Waals surface area contributed by atoms with E-state index in [1.165, 1.54) is 6.42 Å². The van der Waals surface area contributed by atoms with Crippen LogP contribution in [-0.2, 0) is 4.79 Å². The van der Waals surface area contributed by atoms with Crippen molar-refractivity contribution in [3.8, 4) is 17.6 Å². The summed E-state index contributed by atoms with van der Waals surface area (Å²) in [6.07, 6.45) is 4.93. The van der Waals surface area contributed by atoms with E-state index >= 15 is 0 Å². The van der Waals surface area contributed by atoms with Gasteiger partial charge in [-0.25, -0.2) is 0 Å². The Morgan fingerprint density at radius 3 is 2.12 bits per heavy atom. The number of anilines is 1. The lowest BCUT2D eigenvalue weighted by Gasteiger charge is -2.15. The third kappa shape index (κ3) is 4.65. The predicted molar refractivity (Wildman–Crippen MR) is 102 cm³/mol. The number of benzene rings is 2. The lowest BCUT2D eigenvalue weighted by atomic mass is 9.91. The molecule has 1 aliphatic rings. The fourth-order valence-electron chi connectivity index (χ4n) is 2.96. The van der Waals surface area contributed by atoms with Crippen molar-refractivity contribution >= 4 is 23.2 Å². The second kappa shape index (κ2) is 8.55. The van der Waals surface area contributed by atoms with Crippen LogP contribution in [0.1, 0.15) is 32.1 Å². The number of carbonyl (C=O) groups excluding carboxylic acids is 1. The molecule has 4 nitrogen and oxygen atoms in total. The predicted octanol–water partition coefficient (Wildman–Crippen LogP) is 5.86. The van der Waals surface area contributed by atoms with Gasteiger partial charge in [0, 0.05) is 10.7 Å². The first kappa shape index (κ1) is 18.0. The van der Waals surface area contributed by atoms with Crippen LogP contribution in [0.3, 0.4) is 0 Å². The number of carbonyl (C=O) groups is 1. The number of halogens is 1. The van der Waals surface area contributed by atoms with Crippen molar-refractivity contribution < 1.29 is 9.53 Å². The number of rotatable bonds is 4. The van der Waals surface area contributed by atoms with Gasteiger partial charge in [-0.1, -0.05) is 18.0 Å². The first-order valence-electron chi connectivity index (χ1n) is 8.62. The average Bonchev–Trinajstić information content (AvgIpc) is 2.67. The fourth-order valence-corrected chi connectivity index (χ4v) is 3.08. The molecule has 0 bridgehead atoms. The highest BCUT2D eigenvalue weighted by atomic mass is 35.5. The molecule has 0 saturated heterocycles. The first-order valence-corrected chi connectivity index (χ1v) is 9.00. The van der Waals surface area contributed by atoms with Crippen molar-refractivity contribution in [2.75, 3.05) is 5.32 Å². The van der Waals surface area contributed by atoms with Crippen LogP contribution in [0.5, 0.6) is 11.5 Å². The third-order valence-electron chi connectivity index (χ3n) is 4.31. The zero-order valence-corrected chi connectivity index (χ0v) is 15.1. The molecule has 0 aliphatic heterocycles. The minimum atomic E-state index is -0.337. The number of nitrogens with one attached hydrogen (secondary N) is 1. The lowest BCUT2D eigenvalue weighted by Crippen LogP contribution is -2.16. The van der Waals surface area contributed by atoms with E-state index in [0.717, 1.165) is 31.3 Å². The van der Waals surface area contributed by atoms with Crippen LogP contribution >= 0.6 is 11.6 Å². The van der Waals surface area contributed by atoms with Crippen LogP contribution in [0.2, 0.25) is 5.02 Å². The Balaban J connectivity index is 1.66. The molecule has 2 aromatic rings. The molecular weight excluding hydrogens is 348 g/mol. The van der Waals surface area contributed by atoms with Gasteiger partial charge in [-0.15, -0.1) is 0 Å². The van der Waals surface area contributed by atoms with Crippen molar-refractivity contribution in [1.82, 2.24) is 0 Å². The summed E-state index contributed by atoms with van der Waals surface area (Å²) in [7, 11) is 0. The van der Waals surface area contributed by atoms with Gasteiger partial charge in [-0.05, 0) is 79.8 Å². The van der Waals surface area contributed by atoms with Gasteiger partial charge in [0.25, 0.3) is 5.91 Å². The summed E-state index contributed by atoms with van der Waals surface area (Å²) in [5.41, 5.74) is 1.85. The summed E-state index contributed by atoms with van der Waals surface area (Å²) in [5, 5.41) is 12.8. The Bertz CT molecular complexity index is 841. The molecule has 26 heavy (non-hydrogen) atoms. The second-order valence-corrected chi connectivity index (χ2v) is 6.62. The summed E-state index contributed by atoms with van der Waals surface area (Å²) < 4.78 is 5.72. The molecular formula is C21H19ClN2O2. The van der Waals surface area contributed by atoms with Crippen molar-refractivity contribution in [3.05, 3.63) is 64.7 Å². The maximum Gasteiger partial charge on any atom is 0.266 e. The zero-order chi connectivity index (χ0) is 18.4. The third-order valence-corrected chi connectivity index (χ3v) is 4.56. The SMILES string of the molecule is N#CC(C(=O)Nc1ccc(Oc2ccc(Cl)cc2)cc1)=C1CCCCC1. The molecule has 132 valence electrons. The van der Waals surface area contributed by atoms with E-state index in [1.54, 1.807) is 48.5 Å². The van der Waals surface area contributed by atoms with Gasteiger partial charge in [0.05, 0.1) is 0 Å².